The molecule has 1 aliphatic rings. The molecule has 0 bridgehead atoms. The van der Waals surface area contributed by atoms with E-state index in [-0.39, 0.29) is 5.91 Å². The van der Waals surface area contributed by atoms with Gasteiger partial charge in [0, 0.05) is 31.3 Å². The predicted molar refractivity (Wildman–Crippen MR) is 138 cm³/mol. The normalized spacial score (nSPS) is 14.1. The van der Waals surface area contributed by atoms with Crippen LogP contribution in [0, 0.1) is 12.8 Å². The van der Waals surface area contributed by atoms with Crippen LogP contribution >= 0.6 is 11.3 Å². The van der Waals surface area contributed by atoms with Gasteiger partial charge in [0.2, 0.25) is 0 Å². The van der Waals surface area contributed by atoms with Gasteiger partial charge in [-0.15, -0.1) is 11.3 Å². The van der Waals surface area contributed by atoms with Crippen molar-refractivity contribution < 1.29 is 19.0 Å². The molecule has 4 rings (SSSR count). The van der Waals surface area contributed by atoms with Crippen LogP contribution in [0.3, 0.4) is 0 Å². The van der Waals surface area contributed by atoms with Crippen molar-refractivity contribution in [3.63, 3.8) is 0 Å². The van der Waals surface area contributed by atoms with E-state index in [1.54, 1.807) is 25.6 Å². The van der Waals surface area contributed by atoms with Gasteiger partial charge < -0.3 is 24.1 Å². The average molecular weight is 498 g/mol. The highest BCUT2D eigenvalue weighted by atomic mass is 32.1. The number of aromatic nitrogens is 2. The number of methoxy groups -OCH3 is 2. The monoisotopic (exact) mass is 497 g/mol. The number of hydrogen-bond donors (Lipinski definition) is 1. The SMILES string of the molecule is COCCNC(=O)c1cc(-c2csc(COc3ccc(OC)cc3)n2)n(CC2CCCCC2)c1C. The van der Waals surface area contributed by atoms with Crippen molar-refractivity contribution in [3.05, 3.63) is 52.0 Å². The van der Waals surface area contributed by atoms with Crippen LogP contribution in [-0.4, -0.2) is 42.8 Å². The third kappa shape index (κ3) is 6.44. The summed E-state index contributed by atoms with van der Waals surface area (Å²) in [5.74, 6) is 2.13. The van der Waals surface area contributed by atoms with E-state index in [0.29, 0.717) is 31.2 Å². The predicted octanol–water partition coefficient (Wildman–Crippen LogP) is 5.46. The molecule has 1 N–H and O–H groups in total. The van der Waals surface area contributed by atoms with Crippen molar-refractivity contribution in [1.29, 1.82) is 0 Å². The fourth-order valence-electron chi connectivity index (χ4n) is 4.62. The average Bonchev–Trinajstić information content (AvgIpc) is 3.48. The lowest BCUT2D eigenvalue weighted by Crippen LogP contribution is -2.27. The molecule has 1 fully saturated rings. The van der Waals surface area contributed by atoms with Gasteiger partial charge in [0.25, 0.3) is 5.91 Å². The highest BCUT2D eigenvalue weighted by Gasteiger charge is 2.23. The Morgan fingerprint density at radius 3 is 2.60 bits per heavy atom. The van der Waals surface area contributed by atoms with Crippen molar-refractivity contribution >= 4 is 17.2 Å². The van der Waals surface area contributed by atoms with Crippen LogP contribution in [0.5, 0.6) is 11.5 Å². The molecule has 0 atom stereocenters. The van der Waals surface area contributed by atoms with E-state index >= 15 is 0 Å². The Morgan fingerprint density at radius 1 is 1.14 bits per heavy atom. The molecule has 7 nitrogen and oxygen atoms in total. The number of amides is 1. The van der Waals surface area contributed by atoms with Crippen molar-refractivity contribution in [2.45, 2.75) is 52.2 Å². The summed E-state index contributed by atoms with van der Waals surface area (Å²) < 4.78 is 18.5. The van der Waals surface area contributed by atoms with Crippen LogP contribution in [0.1, 0.15) is 53.2 Å². The van der Waals surface area contributed by atoms with E-state index in [1.165, 1.54) is 32.1 Å². The molecule has 8 heteroatoms. The van der Waals surface area contributed by atoms with E-state index in [4.69, 9.17) is 19.2 Å². The Balaban J connectivity index is 1.54. The lowest BCUT2D eigenvalue weighted by molar-refractivity contribution is 0.0936. The van der Waals surface area contributed by atoms with Crippen molar-refractivity contribution in [2.24, 2.45) is 5.92 Å². The number of carbonyl (C=O) groups excluding carboxylic acids is 1. The number of hydrogen-bond acceptors (Lipinski definition) is 6. The third-order valence-electron chi connectivity index (χ3n) is 6.60. The number of ether oxygens (including phenoxy) is 3. The van der Waals surface area contributed by atoms with Crippen LogP contribution < -0.4 is 14.8 Å². The molecule has 0 aliphatic heterocycles. The molecule has 0 unspecified atom stereocenters. The molecule has 1 saturated carbocycles. The van der Waals surface area contributed by atoms with Crippen LogP contribution in [0.2, 0.25) is 0 Å². The summed E-state index contributed by atoms with van der Waals surface area (Å²) in [5, 5.41) is 5.92. The lowest BCUT2D eigenvalue weighted by atomic mass is 9.89. The summed E-state index contributed by atoms with van der Waals surface area (Å²) in [6, 6.07) is 9.52. The highest BCUT2D eigenvalue weighted by molar-refractivity contribution is 7.09. The van der Waals surface area contributed by atoms with Gasteiger partial charge >= 0.3 is 0 Å². The van der Waals surface area contributed by atoms with Gasteiger partial charge in [-0.05, 0) is 56.0 Å². The second-order valence-corrected chi connectivity index (χ2v) is 9.93. The summed E-state index contributed by atoms with van der Waals surface area (Å²) in [5.41, 5.74) is 3.58. The first-order chi connectivity index (χ1) is 17.1. The Kier molecular flexibility index (Phi) is 8.82. The van der Waals surface area contributed by atoms with E-state index in [1.807, 2.05) is 37.3 Å². The minimum absolute atomic E-state index is 0.0681. The summed E-state index contributed by atoms with van der Waals surface area (Å²) >= 11 is 1.58. The minimum atomic E-state index is -0.0681. The highest BCUT2D eigenvalue weighted by Crippen LogP contribution is 2.32. The van der Waals surface area contributed by atoms with Crippen molar-refractivity contribution in [2.75, 3.05) is 27.4 Å². The Bertz CT molecular complexity index is 1100. The first-order valence-corrected chi connectivity index (χ1v) is 13.2. The molecule has 35 heavy (non-hydrogen) atoms. The van der Waals surface area contributed by atoms with Crippen LogP contribution in [0.4, 0.5) is 0 Å². The van der Waals surface area contributed by atoms with Crippen LogP contribution in [0.15, 0.2) is 35.7 Å². The third-order valence-corrected chi connectivity index (χ3v) is 7.43. The number of nitrogens with one attached hydrogen (secondary N) is 1. The van der Waals surface area contributed by atoms with E-state index < -0.39 is 0 Å². The number of thiazole rings is 1. The maximum absolute atomic E-state index is 12.9. The van der Waals surface area contributed by atoms with E-state index in [2.05, 4.69) is 15.3 Å². The summed E-state index contributed by atoms with van der Waals surface area (Å²) in [6.07, 6.45) is 6.38. The van der Waals surface area contributed by atoms with Gasteiger partial charge in [0.1, 0.15) is 23.1 Å². The zero-order valence-electron chi connectivity index (χ0n) is 20.8. The molecule has 3 aromatic rings. The second-order valence-electron chi connectivity index (χ2n) is 8.98. The largest absolute Gasteiger partial charge is 0.497 e. The summed E-state index contributed by atoms with van der Waals surface area (Å²) in [6.45, 7) is 4.33. The molecule has 2 heterocycles. The molecule has 188 valence electrons. The molecule has 1 aliphatic carbocycles. The lowest BCUT2D eigenvalue weighted by Gasteiger charge is -2.24. The standard InChI is InChI=1S/C27H35N3O4S/c1-19-23(27(31)28-13-14-32-2)15-25(30(19)16-20-7-5-4-6-8-20)24-18-35-26(29-24)17-34-22-11-9-21(33-3)10-12-22/h9-12,15,18,20H,4-8,13-14,16-17H2,1-3H3,(H,28,31). The Morgan fingerprint density at radius 2 is 1.89 bits per heavy atom. The molecule has 1 aromatic carbocycles. The maximum Gasteiger partial charge on any atom is 0.253 e. The molecule has 0 radical (unpaired) electrons. The molecule has 2 aromatic heterocycles. The van der Waals surface area contributed by atoms with Gasteiger partial charge in [0.15, 0.2) is 0 Å². The fourth-order valence-corrected chi connectivity index (χ4v) is 5.32. The zero-order chi connectivity index (χ0) is 24.6. The first-order valence-electron chi connectivity index (χ1n) is 12.3. The van der Waals surface area contributed by atoms with Crippen LogP contribution in [-0.2, 0) is 17.9 Å². The Hall–Kier alpha value is -2.84. The zero-order valence-corrected chi connectivity index (χ0v) is 21.7. The fraction of sp³-hybridized carbons (Fsp3) is 0.481. The van der Waals surface area contributed by atoms with Crippen molar-refractivity contribution in [3.8, 4) is 22.9 Å². The number of rotatable bonds is 11. The van der Waals surface area contributed by atoms with Gasteiger partial charge in [-0.25, -0.2) is 4.98 Å². The summed E-state index contributed by atoms with van der Waals surface area (Å²) in [7, 11) is 3.28. The minimum Gasteiger partial charge on any atom is -0.497 e. The van der Waals surface area contributed by atoms with Crippen LogP contribution in [0.25, 0.3) is 11.4 Å². The van der Waals surface area contributed by atoms with Crippen molar-refractivity contribution in [1.82, 2.24) is 14.9 Å². The molecular formula is C27H35N3O4S. The first kappa shape index (κ1) is 25.3. The van der Waals surface area contributed by atoms with E-state index in [9.17, 15) is 4.79 Å². The van der Waals surface area contributed by atoms with Gasteiger partial charge in [-0.3, -0.25) is 4.79 Å². The number of nitrogens with zero attached hydrogens (tertiary/aromatic N) is 2. The molecule has 0 saturated heterocycles. The molecular weight excluding hydrogens is 462 g/mol. The number of carbonyl (C=O) groups is 1. The number of benzene rings is 1. The van der Waals surface area contributed by atoms with E-state index in [0.717, 1.165) is 40.1 Å². The van der Waals surface area contributed by atoms with Gasteiger partial charge in [-0.1, -0.05) is 19.3 Å². The molecule has 0 spiro atoms. The quantitative estimate of drug-likeness (QED) is 0.356. The van der Waals surface area contributed by atoms with Gasteiger partial charge in [-0.2, -0.15) is 0 Å². The van der Waals surface area contributed by atoms with Gasteiger partial charge in [0.05, 0.1) is 30.7 Å². The smallest absolute Gasteiger partial charge is 0.253 e. The maximum atomic E-state index is 12.9. The second kappa shape index (κ2) is 12.2. The topological polar surface area (TPSA) is 74.6 Å². The summed E-state index contributed by atoms with van der Waals surface area (Å²) in [4.78, 5) is 17.8. The molecule has 1 amide bonds. The Labute approximate surface area is 211 Å².